The van der Waals surface area contributed by atoms with E-state index < -0.39 is 23.1 Å². The highest BCUT2D eigenvalue weighted by atomic mass is 19.4. The predicted molar refractivity (Wildman–Crippen MR) is 143 cm³/mol. The minimum atomic E-state index is -4.89. The predicted octanol–water partition coefficient (Wildman–Crippen LogP) is 5.05. The van der Waals surface area contributed by atoms with Crippen LogP contribution in [0.25, 0.3) is 32.8 Å². The summed E-state index contributed by atoms with van der Waals surface area (Å²) in [6.45, 7) is 3.18. The maximum Gasteiger partial charge on any atom is 0.417 e. The average molecular weight is 544 g/mol. The molecule has 3 aromatic carbocycles. The molecule has 0 radical (unpaired) electrons. The van der Waals surface area contributed by atoms with Gasteiger partial charge in [0, 0.05) is 43.7 Å². The molecular weight excluding hydrogens is 514 g/mol. The van der Waals surface area contributed by atoms with Crippen molar-refractivity contribution in [3.63, 3.8) is 0 Å². The first-order valence-electron chi connectivity index (χ1n) is 12.7. The normalized spacial score (nSPS) is 14.5. The maximum absolute atomic E-state index is 16.5. The van der Waals surface area contributed by atoms with Crippen LogP contribution in [0, 0.1) is 5.82 Å². The Morgan fingerprint density at radius 1 is 1.05 bits per heavy atom. The van der Waals surface area contributed by atoms with Crippen LogP contribution in [-0.2, 0) is 6.18 Å². The van der Waals surface area contributed by atoms with Crippen molar-refractivity contribution < 1.29 is 27.4 Å². The van der Waals surface area contributed by atoms with Crippen LogP contribution < -0.4 is 15.0 Å². The fourth-order valence-corrected chi connectivity index (χ4v) is 4.91. The molecule has 4 aromatic rings. The van der Waals surface area contributed by atoms with Gasteiger partial charge in [0.15, 0.2) is 5.82 Å². The first-order chi connectivity index (χ1) is 18.6. The molecule has 11 heteroatoms. The molecule has 0 unspecified atom stereocenters. The minimum absolute atomic E-state index is 0.0458. The highest BCUT2D eigenvalue weighted by Crippen LogP contribution is 2.45. The second-order valence-corrected chi connectivity index (χ2v) is 9.79. The summed E-state index contributed by atoms with van der Waals surface area (Å²) in [5.74, 6) is -1.22. The van der Waals surface area contributed by atoms with E-state index in [0.717, 1.165) is 18.7 Å². The van der Waals surface area contributed by atoms with Crippen molar-refractivity contribution >= 4 is 27.5 Å². The number of alkyl halides is 3. The molecule has 1 aliphatic heterocycles. The van der Waals surface area contributed by atoms with Gasteiger partial charge in [-0.05, 0) is 55.1 Å². The molecule has 2 heterocycles. The molecule has 0 spiro atoms. The molecule has 0 atom stereocenters. The molecule has 0 amide bonds. The Bertz CT molecular complexity index is 1500. The van der Waals surface area contributed by atoms with E-state index in [9.17, 15) is 18.3 Å². The summed E-state index contributed by atoms with van der Waals surface area (Å²) < 4.78 is 65.9. The lowest BCUT2D eigenvalue weighted by molar-refractivity contribution is -0.137. The van der Waals surface area contributed by atoms with E-state index in [1.807, 2.05) is 23.9 Å². The van der Waals surface area contributed by atoms with Gasteiger partial charge in [-0.2, -0.15) is 23.1 Å². The number of hydrogen-bond acceptors (Lipinski definition) is 7. The Morgan fingerprint density at radius 3 is 2.51 bits per heavy atom. The molecule has 0 saturated carbocycles. The van der Waals surface area contributed by atoms with E-state index in [1.165, 1.54) is 6.07 Å². The number of piperazine rings is 1. The zero-order valence-corrected chi connectivity index (χ0v) is 21.6. The SMILES string of the molecule is CN(C)CCCOc1nc(N2CCNCC2)c2cc(C(F)(F)F)c(-c3cc(O)cc4ccccc34)c(F)c2n1. The van der Waals surface area contributed by atoms with E-state index in [-0.39, 0.29) is 40.7 Å². The second kappa shape index (κ2) is 10.8. The molecule has 206 valence electrons. The molecule has 2 N–H and O–H groups in total. The summed E-state index contributed by atoms with van der Waals surface area (Å²) in [5.41, 5.74) is -2.18. The Balaban J connectivity index is 1.76. The highest BCUT2D eigenvalue weighted by Gasteiger charge is 2.38. The summed E-state index contributed by atoms with van der Waals surface area (Å²) in [7, 11) is 3.85. The number of fused-ring (bicyclic) bond motifs is 2. The molecule has 0 aliphatic carbocycles. The summed E-state index contributed by atoms with van der Waals surface area (Å²) >= 11 is 0. The molecule has 1 aliphatic rings. The Labute approximate surface area is 223 Å². The van der Waals surface area contributed by atoms with Gasteiger partial charge in [-0.15, -0.1) is 0 Å². The van der Waals surface area contributed by atoms with E-state index in [1.54, 1.807) is 24.3 Å². The van der Waals surface area contributed by atoms with Gasteiger partial charge >= 0.3 is 12.2 Å². The number of phenols is 1. The van der Waals surface area contributed by atoms with Crippen LogP contribution in [0.15, 0.2) is 42.5 Å². The Hall–Kier alpha value is -3.70. The Kier molecular flexibility index (Phi) is 7.46. The van der Waals surface area contributed by atoms with Crippen LogP contribution in [0.2, 0.25) is 0 Å². The lowest BCUT2D eigenvalue weighted by Crippen LogP contribution is -2.44. The van der Waals surface area contributed by atoms with Crippen molar-refractivity contribution in [2.75, 3.05) is 58.3 Å². The number of phenolic OH excluding ortho intramolecular Hbond substituents is 1. The third-order valence-corrected chi connectivity index (χ3v) is 6.71. The molecule has 1 saturated heterocycles. The van der Waals surface area contributed by atoms with Crippen LogP contribution in [0.4, 0.5) is 23.4 Å². The van der Waals surface area contributed by atoms with Crippen LogP contribution >= 0.6 is 0 Å². The fourth-order valence-electron chi connectivity index (χ4n) is 4.91. The van der Waals surface area contributed by atoms with E-state index >= 15 is 4.39 Å². The van der Waals surface area contributed by atoms with Gasteiger partial charge in [0.2, 0.25) is 0 Å². The molecule has 1 aromatic heterocycles. The van der Waals surface area contributed by atoms with Crippen LogP contribution in [0.1, 0.15) is 12.0 Å². The molecule has 5 rings (SSSR count). The van der Waals surface area contributed by atoms with Crippen LogP contribution in [0.5, 0.6) is 11.8 Å². The third kappa shape index (κ3) is 5.55. The number of rotatable bonds is 7. The van der Waals surface area contributed by atoms with Crippen molar-refractivity contribution in [3.05, 3.63) is 53.8 Å². The first-order valence-corrected chi connectivity index (χ1v) is 12.7. The standard InChI is InChI=1S/C28H29F4N5O2/c1-36(2)10-5-13-39-27-34-25-21(26(35-27)37-11-8-33-9-12-37)16-22(28(30,31)32)23(24(25)29)20-15-18(38)14-17-6-3-4-7-19(17)20/h3-4,6-7,14-16,33,38H,5,8-13H2,1-2H3. The zero-order chi connectivity index (χ0) is 27.7. The topological polar surface area (TPSA) is 73.8 Å². The van der Waals surface area contributed by atoms with E-state index in [2.05, 4.69) is 15.3 Å². The maximum atomic E-state index is 16.5. The van der Waals surface area contributed by atoms with Crippen molar-refractivity contribution in [1.29, 1.82) is 0 Å². The van der Waals surface area contributed by atoms with Crippen molar-refractivity contribution in [2.24, 2.45) is 0 Å². The molecular formula is C28H29F4N5O2. The van der Waals surface area contributed by atoms with Gasteiger partial charge in [0.1, 0.15) is 17.1 Å². The van der Waals surface area contributed by atoms with Gasteiger partial charge in [-0.25, -0.2) is 4.39 Å². The number of nitrogens with one attached hydrogen (secondary N) is 1. The summed E-state index contributed by atoms with van der Waals surface area (Å²) in [6.07, 6.45) is -4.23. The summed E-state index contributed by atoms with van der Waals surface area (Å²) in [4.78, 5) is 12.5. The first kappa shape index (κ1) is 26.9. The highest BCUT2D eigenvalue weighted by molar-refractivity contribution is 6.02. The second-order valence-electron chi connectivity index (χ2n) is 9.79. The lowest BCUT2D eigenvalue weighted by atomic mass is 9.92. The van der Waals surface area contributed by atoms with Gasteiger partial charge in [0.25, 0.3) is 0 Å². The molecule has 7 nitrogen and oxygen atoms in total. The van der Waals surface area contributed by atoms with E-state index in [0.29, 0.717) is 43.4 Å². The summed E-state index contributed by atoms with van der Waals surface area (Å²) in [6, 6.07) is 9.99. The van der Waals surface area contributed by atoms with Crippen molar-refractivity contribution in [1.82, 2.24) is 20.2 Å². The smallest absolute Gasteiger partial charge is 0.417 e. The molecule has 1 fully saturated rings. The average Bonchev–Trinajstić information content (AvgIpc) is 2.90. The van der Waals surface area contributed by atoms with E-state index in [4.69, 9.17) is 4.74 Å². The largest absolute Gasteiger partial charge is 0.508 e. The van der Waals surface area contributed by atoms with Crippen molar-refractivity contribution in [3.8, 4) is 22.9 Å². The number of ether oxygens (including phenoxy) is 1. The number of hydrogen-bond donors (Lipinski definition) is 2. The lowest BCUT2D eigenvalue weighted by Gasteiger charge is -2.30. The number of halogens is 4. The third-order valence-electron chi connectivity index (χ3n) is 6.71. The minimum Gasteiger partial charge on any atom is -0.508 e. The number of benzene rings is 3. The van der Waals surface area contributed by atoms with Gasteiger partial charge in [0.05, 0.1) is 12.2 Å². The van der Waals surface area contributed by atoms with Crippen LogP contribution in [0.3, 0.4) is 0 Å². The number of nitrogens with zero attached hydrogens (tertiary/aromatic N) is 4. The zero-order valence-electron chi connectivity index (χ0n) is 21.6. The quantitative estimate of drug-likeness (QED) is 0.250. The fraction of sp³-hybridized carbons (Fsp3) is 0.357. The van der Waals surface area contributed by atoms with Crippen LogP contribution in [-0.4, -0.2) is 73.4 Å². The summed E-state index contributed by atoms with van der Waals surface area (Å²) in [5, 5.41) is 14.3. The van der Waals surface area contributed by atoms with Gasteiger partial charge < -0.3 is 25.0 Å². The molecule has 39 heavy (non-hydrogen) atoms. The van der Waals surface area contributed by atoms with Gasteiger partial charge in [-0.3, -0.25) is 0 Å². The molecule has 0 bridgehead atoms. The number of aromatic hydroxyl groups is 1. The van der Waals surface area contributed by atoms with Gasteiger partial charge in [-0.1, -0.05) is 24.3 Å². The Morgan fingerprint density at radius 2 is 1.79 bits per heavy atom. The number of anilines is 1. The number of aromatic nitrogens is 2. The monoisotopic (exact) mass is 543 g/mol. The van der Waals surface area contributed by atoms with Crippen molar-refractivity contribution in [2.45, 2.75) is 12.6 Å².